The first-order valence-corrected chi connectivity index (χ1v) is 12.2. The molecule has 1 amide bonds. The molecule has 0 radical (unpaired) electrons. The van der Waals surface area contributed by atoms with E-state index in [1.54, 1.807) is 4.90 Å². The van der Waals surface area contributed by atoms with Crippen molar-refractivity contribution in [3.05, 3.63) is 12.2 Å². The fourth-order valence-electron chi connectivity index (χ4n) is 3.69. The first kappa shape index (κ1) is 27.7. The molecule has 0 fully saturated rings. The monoisotopic (exact) mass is 409 g/mol. The normalized spacial score (nSPS) is 12.4. The molecule has 29 heavy (non-hydrogen) atoms. The van der Waals surface area contributed by atoms with E-state index in [2.05, 4.69) is 19.1 Å². The molecule has 0 bridgehead atoms. The largest absolute Gasteiger partial charge is 0.481 e. The van der Waals surface area contributed by atoms with Crippen molar-refractivity contribution in [3.8, 4) is 0 Å². The Balaban J connectivity index is 3.66. The van der Waals surface area contributed by atoms with Gasteiger partial charge in [0.25, 0.3) is 0 Å². The third kappa shape index (κ3) is 16.2. The Morgan fingerprint density at radius 1 is 0.759 bits per heavy atom. The third-order valence-electron chi connectivity index (χ3n) is 5.70. The van der Waals surface area contributed by atoms with Crippen molar-refractivity contribution >= 4 is 11.9 Å². The Labute approximate surface area is 180 Å². The van der Waals surface area contributed by atoms with E-state index >= 15 is 0 Å². The lowest BCUT2D eigenvalue weighted by Crippen LogP contribution is -2.33. The van der Waals surface area contributed by atoms with Crippen LogP contribution in [-0.4, -0.2) is 35.0 Å². The number of unbranched alkanes of at least 4 members (excludes halogenated alkanes) is 11. The van der Waals surface area contributed by atoms with Crippen LogP contribution in [0.1, 0.15) is 117 Å². The number of amides is 1. The van der Waals surface area contributed by atoms with Crippen LogP contribution in [0.3, 0.4) is 0 Å². The van der Waals surface area contributed by atoms with Crippen LogP contribution in [0.5, 0.6) is 0 Å². The summed E-state index contributed by atoms with van der Waals surface area (Å²) in [6, 6.07) is 0. The summed E-state index contributed by atoms with van der Waals surface area (Å²) >= 11 is 0. The minimum Gasteiger partial charge on any atom is -0.481 e. The summed E-state index contributed by atoms with van der Waals surface area (Å²) < 4.78 is 0. The predicted octanol–water partition coefficient (Wildman–Crippen LogP) is 6.98. The van der Waals surface area contributed by atoms with Gasteiger partial charge < -0.3 is 10.0 Å². The molecule has 0 aromatic carbocycles. The third-order valence-corrected chi connectivity index (χ3v) is 5.70. The molecule has 1 unspecified atom stereocenters. The Hall–Kier alpha value is -1.32. The molecule has 0 spiro atoms. The van der Waals surface area contributed by atoms with Gasteiger partial charge in [0.1, 0.15) is 0 Å². The Kier molecular flexibility index (Phi) is 19.1. The Morgan fingerprint density at radius 2 is 1.24 bits per heavy atom. The van der Waals surface area contributed by atoms with Gasteiger partial charge in [-0.05, 0) is 46.0 Å². The van der Waals surface area contributed by atoms with Crippen molar-refractivity contribution in [1.82, 2.24) is 4.90 Å². The zero-order chi connectivity index (χ0) is 21.7. The molecule has 170 valence electrons. The molecule has 0 heterocycles. The Bertz CT molecular complexity index is 430. The zero-order valence-electron chi connectivity index (χ0n) is 19.5. The van der Waals surface area contributed by atoms with E-state index in [4.69, 9.17) is 0 Å². The number of carboxylic acids is 1. The fourth-order valence-corrected chi connectivity index (χ4v) is 3.69. The molecular formula is C25H47NO3. The number of hydrogen-bond donors (Lipinski definition) is 1. The topological polar surface area (TPSA) is 57.6 Å². The molecule has 0 aliphatic rings. The Morgan fingerprint density at radius 3 is 1.72 bits per heavy atom. The van der Waals surface area contributed by atoms with E-state index in [1.807, 2.05) is 13.8 Å². The summed E-state index contributed by atoms with van der Waals surface area (Å²) in [4.78, 5) is 25.3. The highest BCUT2D eigenvalue weighted by molar-refractivity contribution is 5.82. The SMILES string of the molecule is CCCCCCC/C=C/CCCCCCCCC(CC(=O)N(CC)CC)C(=O)O. The number of hydrogen-bond acceptors (Lipinski definition) is 2. The number of carboxylic acid groups (broad SMARTS) is 1. The summed E-state index contributed by atoms with van der Waals surface area (Å²) in [5, 5.41) is 9.39. The van der Waals surface area contributed by atoms with Crippen LogP contribution in [-0.2, 0) is 9.59 Å². The first-order chi connectivity index (χ1) is 14.1. The summed E-state index contributed by atoms with van der Waals surface area (Å²) in [5.74, 6) is -1.39. The lowest BCUT2D eigenvalue weighted by molar-refractivity contribution is -0.146. The van der Waals surface area contributed by atoms with Crippen molar-refractivity contribution < 1.29 is 14.7 Å². The molecule has 0 rings (SSSR count). The summed E-state index contributed by atoms with van der Waals surface area (Å²) in [6.07, 6.45) is 21.5. The maximum absolute atomic E-state index is 12.1. The van der Waals surface area contributed by atoms with Gasteiger partial charge in [0.05, 0.1) is 5.92 Å². The van der Waals surface area contributed by atoms with Crippen molar-refractivity contribution in [2.24, 2.45) is 5.92 Å². The molecule has 0 aliphatic heterocycles. The van der Waals surface area contributed by atoms with Gasteiger partial charge in [0.2, 0.25) is 5.91 Å². The summed E-state index contributed by atoms with van der Waals surface area (Å²) in [6.45, 7) is 7.41. The molecule has 1 atom stereocenters. The molecule has 0 aromatic heterocycles. The average molecular weight is 410 g/mol. The van der Waals surface area contributed by atoms with Crippen LogP contribution in [0.4, 0.5) is 0 Å². The second kappa shape index (κ2) is 20.0. The van der Waals surface area contributed by atoms with E-state index in [1.165, 1.54) is 64.2 Å². The minimum atomic E-state index is -0.831. The quantitative estimate of drug-likeness (QED) is 0.174. The highest BCUT2D eigenvalue weighted by Gasteiger charge is 2.22. The smallest absolute Gasteiger partial charge is 0.307 e. The molecule has 4 nitrogen and oxygen atoms in total. The van der Waals surface area contributed by atoms with E-state index in [-0.39, 0.29) is 12.3 Å². The van der Waals surface area contributed by atoms with Gasteiger partial charge >= 0.3 is 5.97 Å². The number of nitrogens with zero attached hydrogens (tertiary/aromatic N) is 1. The highest BCUT2D eigenvalue weighted by Crippen LogP contribution is 2.17. The fraction of sp³-hybridized carbons (Fsp3) is 0.840. The number of aliphatic carboxylic acids is 1. The van der Waals surface area contributed by atoms with E-state index in [9.17, 15) is 14.7 Å². The average Bonchev–Trinajstić information content (AvgIpc) is 2.70. The lowest BCUT2D eigenvalue weighted by Gasteiger charge is -2.21. The van der Waals surface area contributed by atoms with Gasteiger partial charge in [-0.15, -0.1) is 0 Å². The molecule has 1 N–H and O–H groups in total. The molecular weight excluding hydrogens is 362 g/mol. The van der Waals surface area contributed by atoms with Crippen LogP contribution in [0.15, 0.2) is 12.2 Å². The van der Waals surface area contributed by atoms with Gasteiger partial charge in [0, 0.05) is 19.5 Å². The van der Waals surface area contributed by atoms with Crippen molar-refractivity contribution in [3.63, 3.8) is 0 Å². The summed E-state index contributed by atoms with van der Waals surface area (Å²) in [7, 11) is 0. The van der Waals surface area contributed by atoms with Crippen molar-refractivity contribution in [1.29, 1.82) is 0 Å². The number of allylic oxidation sites excluding steroid dienone is 2. The van der Waals surface area contributed by atoms with Crippen LogP contribution in [0.25, 0.3) is 0 Å². The molecule has 4 heteroatoms. The van der Waals surface area contributed by atoms with Crippen LogP contribution >= 0.6 is 0 Å². The number of carbonyl (C=O) groups excluding carboxylic acids is 1. The second-order valence-electron chi connectivity index (χ2n) is 8.18. The predicted molar refractivity (Wildman–Crippen MR) is 123 cm³/mol. The van der Waals surface area contributed by atoms with Crippen LogP contribution < -0.4 is 0 Å². The van der Waals surface area contributed by atoms with Gasteiger partial charge in [-0.3, -0.25) is 9.59 Å². The molecule has 0 saturated heterocycles. The number of rotatable bonds is 20. The maximum atomic E-state index is 12.1. The van der Waals surface area contributed by atoms with E-state index in [0.29, 0.717) is 19.5 Å². The van der Waals surface area contributed by atoms with Crippen LogP contribution in [0, 0.1) is 5.92 Å². The van der Waals surface area contributed by atoms with Crippen molar-refractivity contribution in [2.75, 3.05) is 13.1 Å². The summed E-state index contributed by atoms with van der Waals surface area (Å²) in [5.41, 5.74) is 0. The van der Waals surface area contributed by atoms with Crippen LogP contribution in [0.2, 0.25) is 0 Å². The maximum Gasteiger partial charge on any atom is 0.307 e. The molecule has 0 aliphatic carbocycles. The molecule has 0 saturated carbocycles. The standard InChI is InChI=1S/C25H47NO3/c1-4-7-8-9-10-11-12-13-14-15-16-17-18-19-20-21-23(25(28)29)22-24(27)26(5-2)6-3/h12-13,23H,4-11,14-22H2,1-3H3,(H,28,29)/b13-12+. The van der Waals surface area contributed by atoms with Gasteiger partial charge in [-0.1, -0.05) is 76.9 Å². The molecule has 0 aromatic rings. The number of carbonyl (C=O) groups is 2. The van der Waals surface area contributed by atoms with Gasteiger partial charge in [0.15, 0.2) is 0 Å². The van der Waals surface area contributed by atoms with E-state index < -0.39 is 11.9 Å². The first-order valence-electron chi connectivity index (χ1n) is 12.2. The van der Waals surface area contributed by atoms with Crippen molar-refractivity contribution in [2.45, 2.75) is 117 Å². The zero-order valence-corrected chi connectivity index (χ0v) is 19.5. The van der Waals surface area contributed by atoms with E-state index in [0.717, 1.165) is 19.3 Å². The van der Waals surface area contributed by atoms with Gasteiger partial charge in [-0.2, -0.15) is 0 Å². The lowest BCUT2D eigenvalue weighted by atomic mass is 9.96. The second-order valence-corrected chi connectivity index (χ2v) is 8.18. The van der Waals surface area contributed by atoms with Gasteiger partial charge in [-0.25, -0.2) is 0 Å². The highest BCUT2D eigenvalue weighted by atomic mass is 16.4. The minimum absolute atomic E-state index is 0.0311.